The Labute approximate surface area is 76.0 Å². The Morgan fingerprint density at radius 1 is 1.36 bits per heavy atom. The second-order valence-corrected chi connectivity index (χ2v) is 2.40. The van der Waals surface area contributed by atoms with Gasteiger partial charge in [0.1, 0.15) is 12.2 Å². The zero-order chi connectivity index (χ0) is 7.72. The van der Waals surface area contributed by atoms with E-state index in [2.05, 4.69) is 0 Å². The molecule has 2 atom stereocenters. The molecule has 0 N–H and O–H groups in total. The summed E-state index contributed by atoms with van der Waals surface area (Å²) in [5.41, 5.74) is 0. The van der Waals surface area contributed by atoms with Crippen LogP contribution in [0.3, 0.4) is 0 Å². The summed E-state index contributed by atoms with van der Waals surface area (Å²) in [6.45, 7) is 3.43. The molecule has 0 spiro atoms. The van der Waals surface area contributed by atoms with Crippen LogP contribution in [0.4, 0.5) is 0 Å². The third-order valence-corrected chi connectivity index (χ3v) is 1.64. The van der Waals surface area contributed by atoms with Gasteiger partial charge in [0.05, 0.1) is 0 Å². The van der Waals surface area contributed by atoms with Crippen LogP contribution in [0.15, 0.2) is 0 Å². The molecule has 1 aliphatic rings. The third kappa shape index (κ3) is 1.89. The van der Waals surface area contributed by atoms with E-state index in [1.165, 1.54) is 0 Å². The van der Waals surface area contributed by atoms with Crippen LogP contribution in [0, 0.1) is 0 Å². The number of ether oxygens (including phenoxy) is 1. The summed E-state index contributed by atoms with van der Waals surface area (Å²) in [4.78, 5) is 21.7. The minimum atomic E-state index is -0.516. The van der Waals surface area contributed by atoms with E-state index in [1.54, 1.807) is 6.92 Å². The summed E-state index contributed by atoms with van der Waals surface area (Å²) in [5, 5.41) is 0. The second-order valence-electron chi connectivity index (χ2n) is 2.40. The molecule has 0 aromatic carbocycles. The first-order chi connectivity index (χ1) is 4.66. The molecule has 1 fully saturated rings. The molecule has 0 amide bonds. The monoisotopic (exact) mass is 198 g/mol. The standard InChI is InChI=1S/C7H10O3.Fe/c1-3-5-7(9)6(8)4(2)10-5;/h4-5H,3H2,1-2H3;/q;+2. The maximum atomic E-state index is 10.9. The molecule has 0 aromatic heterocycles. The molecule has 0 saturated carbocycles. The fourth-order valence-corrected chi connectivity index (χ4v) is 1.01. The summed E-state index contributed by atoms with van der Waals surface area (Å²) < 4.78 is 5.04. The van der Waals surface area contributed by atoms with Gasteiger partial charge in [-0.2, -0.15) is 0 Å². The minimum Gasteiger partial charge on any atom is -0.359 e. The number of rotatable bonds is 1. The van der Waals surface area contributed by atoms with Crippen LogP contribution in [-0.2, 0) is 31.4 Å². The Morgan fingerprint density at radius 2 is 1.91 bits per heavy atom. The number of carbonyl (C=O) groups excluding carboxylic acids is 2. The number of hydrogen-bond donors (Lipinski definition) is 0. The van der Waals surface area contributed by atoms with Gasteiger partial charge in [0.25, 0.3) is 0 Å². The summed E-state index contributed by atoms with van der Waals surface area (Å²) in [6, 6.07) is 0. The summed E-state index contributed by atoms with van der Waals surface area (Å²) in [5.74, 6) is -0.748. The number of ketones is 2. The van der Waals surface area contributed by atoms with E-state index >= 15 is 0 Å². The van der Waals surface area contributed by atoms with Crippen LogP contribution in [0.5, 0.6) is 0 Å². The molecule has 3 nitrogen and oxygen atoms in total. The molecule has 2 unspecified atom stereocenters. The van der Waals surface area contributed by atoms with E-state index in [4.69, 9.17) is 4.74 Å². The van der Waals surface area contributed by atoms with Gasteiger partial charge in [0, 0.05) is 0 Å². The van der Waals surface area contributed by atoms with Gasteiger partial charge < -0.3 is 4.74 Å². The Kier molecular flexibility index (Phi) is 3.93. The van der Waals surface area contributed by atoms with Gasteiger partial charge in [0.2, 0.25) is 11.6 Å². The van der Waals surface area contributed by atoms with Crippen molar-refractivity contribution in [3.63, 3.8) is 0 Å². The smallest absolute Gasteiger partial charge is 0.359 e. The van der Waals surface area contributed by atoms with Crippen molar-refractivity contribution in [1.82, 2.24) is 0 Å². The maximum Gasteiger partial charge on any atom is 2.00 e. The molecule has 62 valence electrons. The fraction of sp³-hybridized carbons (Fsp3) is 0.714. The van der Waals surface area contributed by atoms with Gasteiger partial charge in [-0.25, -0.2) is 0 Å². The Hall–Kier alpha value is -0.181. The van der Waals surface area contributed by atoms with E-state index in [0.717, 1.165) is 0 Å². The fourth-order valence-electron chi connectivity index (χ4n) is 1.01. The van der Waals surface area contributed by atoms with Crippen molar-refractivity contribution in [3.8, 4) is 0 Å². The first-order valence-corrected chi connectivity index (χ1v) is 3.40. The van der Waals surface area contributed by atoms with Gasteiger partial charge in [-0.3, -0.25) is 9.59 Å². The molecule has 11 heavy (non-hydrogen) atoms. The largest absolute Gasteiger partial charge is 2.00 e. The molecule has 0 aliphatic carbocycles. The van der Waals surface area contributed by atoms with Crippen LogP contribution in [0.25, 0.3) is 0 Å². The van der Waals surface area contributed by atoms with Gasteiger partial charge in [-0.1, -0.05) is 6.92 Å². The minimum absolute atomic E-state index is 0. The van der Waals surface area contributed by atoms with Crippen molar-refractivity contribution in [1.29, 1.82) is 0 Å². The molecule has 0 bridgehead atoms. The Balaban J connectivity index is 0.000001000. The average Bonchev–Trinajstić information content (AvgIpc) is 2.17. The van der Waals surface area contributed by atoms with Crippen molar-refractivity contribution in [3.05, 3.63) is 0 Å². The van der Waals surface area contributed by atoms with E-state index in [-0.39, 0.29) is 28.6 Å². The molecular formula is C7H10FeO3+2. The van der Waals surface area contributed by atoms with E-state index in [9.17, 15) is 9.59 Å². The van der Waals surface area contributed by atoms with Gasteiger partial charge in [0.15, 0.2) is 0 Å². The Morgan fingerprint density at radius 3 is 2.09 bits per heavy atom. The van der Waals surface area contributed by atoms with E-state index < -0.39 is 12.2 Å². The van der Waals surface area contributed by atoms with Gasteiger partial charge in [-0.05, 0) is 13.3 Å². The van der Waals surface area contributed by atoms with Crippen LogP contribution >= 0.6 is 0 Å². The van der Waals surface area contributed by atoms with Crippen LogP contribution < -0.4 is 0 Å². The van der Waals surface area contributed by atoms with Gasteiger partial charge in [-0.15, -0.1) is 0 Å². The second kappa shape index (κ2) is 4.00. The predicted octanol–water partition coefficient (Wildman–Crippen LogP) is 0.319. The van der Waals surface area contributed by atoms with Crippen molar-refractivity contribution >= 4 is 11.6 Å². The maximum absolute atomic E-state index is 10.9. The quantitative estimate of drug-likeness (QED) is 0.450. The topological polar surface area (TPSA) is 43.4 Å². The zero-order valence-electron chi connectivity index (χ0n) is 6.44. The molecule has 1 heterocycles. The molecule has 0 aromatic rings. The number of carbonyl (C=O) groups is 2. The molecule has 4 heteroatoms. The van der Waals surface area contributed by atoms with Crippen LogP contribution in [0.1, 0.15) is 20.3 Å². The summed E-state index contributed by atoms with van der Waals surface area (Å²) in [7, 11) is 0. The first-order valence-electron chi connectivity index (χ1n) is 3.40. The van der Waals surface area contributed by atoms with E-state index in [0.29, 0.717) is 6.42 Å². The van der Waals surface area contributed by atoms with E-state index in [1.807, 2.05) is 6.92 Å². The summed E-state index contributed by atoms with van der Waals surface area (Å²) >= 11 is 0. The molecule has 1 saturated heterocycles. The van der Waals surface area contributed by atoms with Crippen molar-refractivity contribution in [2.75, 3.05) is 0 Å². The molecular weight excluding hydrogens is 188 g/mol. The summed E-state index contributed by atoms with van der Waals surface area (Å²) in [6.07, 6.45) is -0.394. The molecule has 0 radical (unpaired) electrons. The zero-order valence-corrected chi connectivity index (χ0v) is 7.54. The first kappa shape index (κ1) is 10.8. The third-order valence-electron chi connectivity index (χ3n) is 1.64. The van der Waals surface area contributed by atoms with Crippen LogP contribution in [-0.4, -0.2) is 23.8 Å². The predicted molar refractivity (Wildman–Crippen MR) is 34.6 cm³/mol. The number of hydrogen-bond acceptors (Lipinski definition) is 3. The van der Waals surface area contributed by atoms with Crippen molar-refractivity contribution in [2.45, 2.75) is 32.5 Å². The Bertz CT molecular complexity index is 179. The molecule has 1 rings (SSSR count). The van der Waals surface area contributed by atoms with Crippen molar-refractivity contribution in [2.24, 2.45) is 0 Å². The van der Waals surface area contributed by atoms with Crippen LogP contribution in [0.2, 0.25) is 0 Å². The number of Topliss-reactive ketones (excluding diaryl/α,β-unsaturated/α-hetero) is 2. The SMILES string of the molecule is CCC1OC(C)C(=O)C1=O.[Fe+2]. The van der Waals surface area contributed by atoms with Crippen molar-refractivity contribution < 1.29 is 31.4 Å². The normalized spacial score (nSPS) is 30.4. The molecule has 1 aliphatic heterocycles. The average molecular weight is 198 g/mol. The van der Waals surface area contributed by atoms with Gasteiger partial charge >= 0.3 is 17.1 Å².